The zero-order valence-electron chi connectivity index (χ0n) is 18.9. The van der Waals surface area contributed by atoms with Crippen molar-refractivity contribution in [2.45, 2.75) is 19.9 Å². The number of aromatic nitrogens is 2. The van der Waals surface area contributed by atoms with Gasteiger partial charge in [0.15, 0.2) is 0 Å². The van der Waals surface area contributed by atoms with Crippen LogP contribution >= 0.6 is 0 Å². The summed E-state index contributed by atoms with van der Waals surface area (Å²) in [5, 5.41) is 27.8. The van der Waals surface area contributed by atoms with Crippen molar-refractivity contribution in [1.82, 2.24) is 15.1 Å². The fourth-order valence-electron chi connectivity index (χ4n) is 4.70. The number of phenols is 1. The molecule has 7 nitrogen and oxygen atoms in total. The van der Waals surface area contributed by atoms with Gasteiger partial charge in [-0.05, 0) is 60.9 Å². The third-order valence-electron chi connectivity index (χ3n) is 6.05. The summed E-state index contributed by atoms with van der Waals surface area (Å²) in [4.78, 5) is 14.9. The van der Waals surface area contributed by atoms with Crippen molar-refractivity contribution < 1.29 is 19.7 Å². The normalized spacial score (nSPS) is 15.0. The maximum absolute atomic E-state index is 13.3. The van der Waals surface area contributed by atoms with Crippen LogP contribution in [0.1, 0.15) is 38.8 Å². The van der Waals surface area contributed by atoms with Crippen molar-refractivity contribution >= 4 is 5.91 Å². The van der Waals surface area contributed by atoms with Gasteiger partial charge in [0.1, 0.15) is 28.6 Å². The summed E-state index contributed by atoms with van der Waals surface area (Å²) >= 11 is 0. The number of benzene rings is 3. The highest BCUT2D eigenvalue weighted by molar-refractivity contribution is 6.00. The summed E-state index contributed by atoms with van der Waals surface area (Å²) in [5.74, 6) is 1.21. The molecule has 0 bridgehead atoms. The fourth-order valence-corrected chi connectivity index (χ4v) is 4.70. The minimum absolute atomic E-state index is 0.111. The number of para-hydroxylation sites is 1. The van der Waals surface area contributed by atoms with Gasteiger partial charge < -0.3 is 19.8 Å². The summed E-state index contributed by atoms with van der Waals surface area (Å²) in [6.07, 6.45) is 0. The number of aromatic amines is 1. The summed E-state index contributed by atoms with van der Waals surface area (Å²) in [5.41, 5.74) is 4.77. The van der Waals surface area contributed by atoms with Crippen LogP contribution < -0.4 is 4.74 Å². The van der Waals surface area contributed by atoms with E-state index < -0.39 is 6.04 Å². The number of aromatic hydroxyl groups is 1. The van der Waals surface area contributed by atoms with E-state index in [0.717, 1.165) is 16.7 Å². The van der Waals surface area contributed by atoms with Crippen LogP contribution in [-0.2, 0) is 0 Å². The van der Waals surface area contributed by atoms with Crippen LogP contribution in [0.5, 0.6) is 17.2 Å². The average molecular weight is 456 g/mol. The van der Waals surface area contributed by atoms with Crippen molar-refractivity contribution in [3.05, 3.63) is 94.7 Å². The molecule has 1 aliphatic rings. The number of aliphatic hydroxyl groups is 1. The van der Waals surface area contributed by atoms with Crippen LogP contribution in [0.25, 0.3) is 11.3 Å². The Balaban J connectivity index is 1.63. The summed E-state index contributed by atoms with van der Waals surface area (Å²) < 4.78 is 6.02. The topological polar surface area (TPSA) is 98.7 Å². The molecule has 1 aliphatic heterocycles. The van der Waals surface area contributed by atoms with Crippen LogP contribution in [-0.4, -0.2) is 44.4 Å². The van der Waals surface area contributed by atoms with Gasteiger partial charge in [-0.1, -0.05) is 36.4 Å². The molecule has 5 rings (SSSR count). The first kappa shape index (κ1) is 21.7. The van der Waals surface area contributed by atoms with Gasteiger partial charge in [-0.3, -0.25) is 9.89 Å². The van der Waals surface area contributed by atoms with E-state index >= 15 is 0 Å². The Morgan fingerprint density at radius 3 is 2.53 bits per heavy atom. The Morgan fingerprint density at radius 1 is 1.03 bits per heavy atom. The van der Waals surface area contributed by atoms with Crippen molar-refractivity contribution in [2.75, 3.05) is 13.2 Å². The number of nitrogens with zero attached hydrogens (tertiary/aromatic N) is 2. The predicted molar refractivity (Wildman–Crippen MR) is 128 cm³/mol. The number of β-amino-alcohol motifs (C(OH)–C–C–N with tert-alkyl or cyclic N) is 1. The van der Waals surface area contributed by atoms with Gasteiger partial charge in [0.25, 0.3) is 5.91 Å². The maximum Gasteiger partial charge on any atom is 0.273 e. The number of amides is 1. The highest BCUT2D eigenvalue weighted by Crippen LogP contribution is 2.46. The van der Waals surface area contributed by atoms with E-state index in [9.17, 15) is 15.0 Å². The zero-order valence-corrected chi connectivity index (χ0v) is 18.9. The standard InChI is InChI=1S/C27H25N3O4/c1-16-13-17(2)22(21(32)14-16)24-23-25(29-28-24)27(33)30(11-12-31)26(23)18-7-6-10-20(15-18)34-19-8-4-3-5-9-19/h3-10,13-15,26,31-32H,11-12H2,1-2H3,(H,28,29). The van der Waals surface area contributed by atoms with Gasteiger partial charge in [0, 0.05) is 17.7 Å². The molecule has 1 amide bonds. The largest absolute Gasteiger partial charge is 0.507 e. The molecule has 34 heavy (non-hydrogen) atoms. The lowest BCUT2D eigenvalue weighted by Crippen LogP contribution is -2.32. The van der Waals surface area contributed by atoms with Crippen molar-refractivity contribution in [3.63, 3.8) is 0 Å². The van der Waals surface area contributed by atoms with E-state index in [0.29, 0.717) is 34.0 Å². The van der Waals surface area contributed by atoms with Crippen molar-refractivity contribution in [1.29, 1.82) is 0 Å². The molecule has 7 heteroatoms. The summed E-state index contributed by atoms with van der Waals surface area (Å²) in [6.45, 7) is 3.81. The molecule has 4 aromatic rings. The molecule has 172 valence electrons. The number of nitrogens with one attached hydrogen (secondary N) is 1. The van der Waals surface area contributed by atoms with E-state index in [2.05, 4.69) is 10.2 Å². The molecular formula is C27H25N3O4. The molecule has 0 fully saturated rings. The molecule has 0 saturated carbocycles. The van der Waals surface area contributed by atoms with Crippen LogP contribution in [0.2, 0.25) is 0 Å². The number of H-pyrrole nitrogens is 1. The fraction of sp³-hybridized carbons (Fsp3) is 0.185. The highest BCUT2D eigenvalue weighted by Gasteiger charge is 2.42. The molecule has 0 spiro atoms. The smallest absolute Gasteiger partial charge is 0.273 e. The van der Waals surface area contributed by atoms with E-state index in [4.69, 9.17) is 4.74 Å². The minimum atomic E-state index is -0.497. The number of ether oxygens (including phenoxy) is 1. The third kappa shape index (κ3) is 3.70. The van der Waals surface area contributed by atoms with E-state index in [-0.39, 0.29) is 24.8 Å². The number of hydrogen-bond acceptors (Lipinski definition) is 5. The number of rotatable bonds is 6. The third-order valence-corrected chi connectivity index (χ3v) is 6.05. The highest BCUT2D eigenvalue weighted by atomic mass is 16.5. The lowest BCUT2D eigenvalue weighted by molar-refractivity contribution is 0.0706. The predicted octanol–water partition coefficient (Wildman–Crippen LogP) is 4.73. The molecule has 0 radical (unpaired) electrons. The molecular weight excluding hydrogens is 430 g/mol. The number of hydrogen-bond donors (Lipinski definition) is 3. The Labute approximate surface area is 197 Å². The van der Waals surface area contributed by atoms with Gasteiger partial charge in [-0.2, -0.15) is 5.10 Å². The Hall–Kier alpha value is -4.10. The first-order valence-corrected chi connectivity index (χ1v) is 11.1. The number of phenolic OH excluding ortho intramolecular Hbond substituents is 1. The molecule has 3 N–H and O–H groups in total. The van der Waals surface area contributed by atoms with Gasteiger partial charge in [0.05, 0.1) is 12.6 Å². The Kier molecular flexibility index (Phi) is 5.55. The second-order valence-corrected chi connectivity index (χ2v) is 8.45. The number of carbonyl (C=O) groups excluding carboxylic acids is 1. The summed E-state index contributed by atoms with van der Waals surface area (Å²) in [6, 6.07) is 20.2. The number of carbonyl (C=O) groups is 1. The van der Waals surface area contributed by atoms with E-state index in [1.807, 2.05) is 74.5 Å². The van der Waals surface area contributed by atoms with Gasteiger partial charge >= 0.3 is 0 Å². The molecule has 2 heterocycles. The van der Waals surface area contributed by atoms with Crippen molar-refractivity contribution in [2.24, 2.45) is 0 Å². The Bertz CT molecular complexity index is 1340. The van der Waals surface area contributed by atoms with Crippen molar-refractivity contribution in [3.8, 4) is 28.5 Å². The molecule has 0 aliphatic carbocycles. The number of aryl methyl sites for hydroxylation is 2. The van der Waals surface area contributed by atoms with Crippen LogP contribution in [0.15, 0.2) is 66.7 Å². The van der Waals surface area contributed by atoms with Gasteiger partial charge in [-0.25, -0.2) is 0 Å². The molecule has 1 unspecified atom stereocenters. The summed E-state index contributed by atoms with van der Waals surface area (Å²) in [7, 11) is 0. The van der Waals surface area contributed by atoms with Gasteiger partial charge in [0.2, 0.25) is 0 Å². The second kappa shape index (κ2) is 8.68. The number of aliphatic hydroxyl groups excluding tert-OH is 1. The molecule has 0 saturated heterocycles. The lowest BCUT2D eigenvalue weighted by atomic mass is 9.93. The SMILES string of the molecule is Cc1cc(C)c(-c2n[nH]c3c2C(c2cccc(Oc4ccccc4)c2)N(CCO)C3=O)c(O)c1. The first-order valence-electron chi connectivity index (χ1n) is 11.1. The minimum Gasteiger partial charge on any atom is -0.507 e. The maximum atomic E-state index is 13.3. The van der Waals surface area contributed by atoms with E-state index in [1.54, 1.807) is 11.0 Å². The second-order valence-electron chi connectivity index (χ2n) is 8.45. The van der Waals surface area contributed by atoms with Crippen LogP contribution in [0.4, 0.5) is 0 Å². The lowest BCUT2D eigenvalue weighted by Gasteiger charge is -2.26. The zero-order chi connectivity index (χ0) is 23.8. The quantitative estimate of drug-likeness (QED) is 0.390. The van der Waals surface area contributed by atoms with Gasteiger partial charge in [-0.15, -0.1) is 0 Å². The number of fused-ring (bicyclic) bond motifs is 1. The molecule has 1 atom stereocenters. The average Bonchev–Trinajstić information content (AvgIpc) is 3.34. The first-order chi connectivity index (χ1) is 16.5. The molecule has 1 aromatic heterocycles. The monoisotopic (exact) mass is 455 g/mol. The van der Waals surface area contributed by atoms with Crippen LogP contribution in [0.3, 0.4) is 0 Å². The van der Waals surface area contributed by atoms with Crippen LogP contribution in [0, 0.1) is 13.8 Å². The van der Waals surface area contributed by atoms with E-state index in [1.165, 1.54) is 0 Å². The molecule has 3 aromatic carbocycles. The Morgan fingerprint density at radius 2 is 1.79 bits per heavy atom.